The molecule has 1 fully saturated rings. The van der Waals surface area contributed by atoms with Gasteiger partial charge in [-0.05, 0) is 30.5 Å². The Bertz CT molecular complexity index is 772. The zero-order valence-electron chi connectivity index (χ0n) is 13.0. The summed E-state index contributed by atoms with van der Waals surface area (Å²) in [5.74, 6) is -1.22. The van der Waals surface area contributed by atoms with Crippen LogP contribution in [-0.2, 0) is 5.41 Å². The monoisotopic (exact) mass is 344 g/mol. The molecule has 0 atom stereocenters. The topological polar surface area (TPSA) is 98.0 Å². The molecule has 0 spiro atoms. The molecule has 1 aromatic heterocycles. The summed E-state index contributed by atoms with van der Waals surface area (Å²) in [6, 6.07) is 7.69. The number of nitrogens with two attached hydrogens (primary N) is 1. The Hall–Kier alpha value is -2.47. The number of nitrogens with one attached hydrogen (secondary N) is 1. The summed E-state index contributed by atoms with van der Waals surface area (Å²) in [4.78, 5) is 31.5. The number of aromatic nitrogens is 2. The lowest BCUT2D eigenvalue weighted by molar-refractivity contribution is 0.0907. The molecule has 0 saturated heterocycles. The van der Waals surface area contributed by atoms with Crippen LogP contribution in [0.15, 0.2) is 36.7 Å². The van der Waals surface area contributed by atoms with Crippen molar-refractivity contribution in [2.24, 2.45) is 5.73 Å². The minimum Gasteiger partial charge on any atom is -0.364 e. The number of amides is 2. The van der Waals surface area contributed by atoms with Crippen LogP contribution in [0.2, 0.25) is 5.02 Å². The van der Waals surface area contributed by atoms with Crippen molar-refractivity contribution in [3.63, 3.8) is 0 Å². The molecule has 0 aliphatic heterocycles. The van der Waals surface area contributed by atoms with Crippen molar-refractivity contribution in [3.8, 4) is 0 Å². The van der Waals surface area contributed by atoms with Crippen molar-refractivity contribution in [3.05, 3.63) is 58.6 Å². The molecular formula is C17H17ClN4O2. The van der Waals surface area contributed by atoms with Crippen molar-refractivity contribution < 1.29 is 9.59 Å². The first-order valence-corrected chi connectivity index (χ1v) is 8.05. The highest BCUT2D eigenvalue weighted by molar-refractivity contribution is 6.30. The van der Waals surface area contributed by atoms with Crippen molar-refractivity contribution in [1.82, 2.24) is 15.3 Å². The summed E-state index contributed by atoms with van der Waals surface area (Å²) < 4.78 is 0. The van der Waals surface area contributed by atoms with Gasteiger partial charge >= 0.3 is 0 Å². The van der Waals surface area contributed by atoms with Gasteiger partial charge in [-0.3, -0.25) is 9.59 Å². The van der Waals surface area contributed by atoms with Crippen LogP contribution in [0.4, 0.5) is 0 Å². The predicted molar refractivity (Wildman–Crippen MR) is 89.9 cm³/mol. The van der Waals surface area contributed by atoms with E-state index < -0.39 is 11.8 Å². The molecular weight excluding hydrogens is 328 g/mol. The minimum atomic E-state index is -0.774. The Morgan fingerprint density at radius 1 is 1.12 bits per heavy atom. The minimum absolute atomic E-state index is 0.0458. The van der Waals surface area contributed by atoms with Gasteiger partial charge in [-0.25, -0.2) is 9.97 Å². The molecule has 7 heteroatoms. The van der Waals surface area contributed by atoms with Gasteiger partial charge in [0, 0.05) is 29.4 Å². The van der Waals surface area contributed by atoms with E-state index >= 15 is 0 Å². The van der Waals surface area contributed by atoms with Crippen molar-refractivity contribution in [2.75, 3.05) is 6.54 Å². The number of primary amides is 1. The van der Waals surface area contributed by atoms with Crippen molar-refractivity contribution >= 4 is 23.4 Å². The largest absolute Gasteiger partial charge is 0.364 e. The Balaban J connectivity index is 1.76. The van der Waals surface area contributed by atoms with Crippen LogP contribution in [-0.4, -0.2) is 28.3 Å². The summed E-state index contributed by atoms with van der Waals surface area (Å²) in [6.45, 7) is 0.461. The molecule has 2 amide bonds. The number of nitrogens with zero attached hydrogens (tertiary/aromatic N) is 2. The summed E-state index contributed by atoms with van der Waals surface area (Å²) in [5.41, 5.74) is 6.12. The number of hydrogen-bond donors (Lipinski definition) is 2. The van der Waals surface area contributed by atoms with Crippen LogP contribution in [0.25, 0.3) is 0 Å². The molecule has 3 rings (SSSR count). The average molecular weight is 345 g/mol. The lowest BCUT2D eigenvalue weighted by Crippen LogP contribution is -2.46. The molecule has 1 aliphatic carbocycles. The normalized spacial score (nSPS) is 15.4. The van der Waals surface area contributed by atoms with Crippen molar-refractivity contribution in [1.29, 1.82) is 0 Å². The second-order valence-corrected chi connectivity index (χ2v) is 6.38. The highest BCUT2D eigenvalue weighted by atomic mass is 35.5. The zero-order valence-corrected chi connectivity index (χ0v) is 13.7. The molecule has 0 bridgehead atoms. The highest BCUT2D eigenvalue weighted by Crippen LogP contribution is 2.43. The smallest absolute Gasteiger partial charge is 0.272 e. The number of carbonyl (C=O) groups is 2. The van der Waals surface area contributed by atoms with Crippen LogP contribution >= 0.6 is 11.6 Å². The van der Waals surface area contributed by atoms with E-state index in [2.05, 4.69) is 15.3 Å². The maximum Gasteiger partial charge on any atom is 0.272 e. The molecule has 6 nitrogen and oxygen atoms in total. The number of hydrogen-bond acceptors (Lipinski definition) is 4. The van der Waals surface area contributed by atoms with Crippen LogP contribution in [0, 0.1) is 0 Å². The quantitative estimate of drug-likeness (QED) is 0.867. The Labute approximate surface area is 144 Å². The van der Waals surface area contributed by atoms with Gasteiger partial charge in [-0.1, -0.05) is 30.2 Å². The van der Waals surface area contributed by atoms with Gasteiger partial charge in [0.2, 0.25) is 0 Å². The summed E-state index contributed by atoms with van der Waals surface area (Å²) in [6.07, 6.45) is 5.77. The van der Waals surface area contributed by atoms with Gasteiger partial charge in [0.1, 0.15) is 0 Å². The number of carbonyl (C=O) groups excluding carboxylic acids is 2. The first kappa shape index (κ1) is 16.4. The lowest BCUT2D eigenvalue weighted by atomic mass is 9.64. The molecule has 1 aromatic carbocycles. The Kier molecular flexibility index (Phi) is 4.49. The first-order valence-electron chi connectivity index (χ1n) is 7.67. The van der Waals surface area contributed by atoms with Gasteiger partial charge < -0.3 is 11.1 Å². The molecule has 3 N–H and O–H groups in total. The van der Waals surface area contributed by atoms with Gasteiger partial charge in [0.15, 0.2) is 11.4 Å². The summed E-state index contributed by atoms with van der Waals surface area (Å²) in [5, 5.41) is 3.55. The van der Waals surface area contributed by atoms with E-state index in [1.165, 1.54) is 12.4 Å². The molecule has 124 valence electrons. The highest BCUT2D eigenvalue weighted by Gasteiger charge is 2.39. The summed E-state index contributed by atoms with van der Waals surface area (Å²) in [7, 11) is 0. The Morgan fingerprint density at radius 2 is 1.75 bits per heavy atom. The third-order valence-electron chi connectivity index (χ3n) is 4.50. The molecule has 2 aromatic rings. The third-order valence-corrected chi connectivity index (χ3v) is 4.75. The number of benzene rings is 1. The van der Waals surface area contributed by atoms with Gasteiger partial charge in [-0.15, -0.1) is 0 Å². The maximum absolute atomic E-state index is 12.4. The predicted octanol–water partition coefficient (Wildman–Crippen LogP) is 2.08. The van der Waals surface area contributed by atoms with E-state index in [4.69, 9.17) is 17.3 Å². The third kappa shape index (κ3) is 3.10. The van der Waals surface area contributed by atoms with Crippen LogP contribution in [0.3, 0.4) is 0 Å². The second kappa shape index (κ2) is 6.57. The fourth-order valence-electron chi connectivity index (χ4n) is 2.99. The fraction of sp³-hybridized carbons (Fsp3) is 0.294. The van der Waals surface area contributed by atoms with E-state index in [1.54, 1.807) is 0 Å². The SMILES string of the molecule is NC(=O)c1nccnc1C(=O)NCC1(c2ccc(Cl)cc2)CCC1. The number of halogens is 1. The van der Waals surface area contributed by atoms with Crippen LogP contribution < -0.4 is 11.1 Å². The summed E-state index contributed by atoms with van der Waals surface area (Å²) >= 11 is 5.95. The number of rotatable bonds is 5. The van der Waals surface area contributed by atoms with Gasteiger partial charge in [0.25, 0.3) is 11.8 Å². The zero-order chi connectivity index (χ0) is 17.2. The standard InChI is InChI=1S/C17H17ClN4O2/c18-12-4-2-11(3-5-12)17(6-1-7-17)10-22-16(24)14-13(15(19)23)20-8-9-21-14/h2-5,8-9H,1,6-7,10H2,(H2,19,23)(H,22,24). The molecule has 0 unspecified atom stereocenters. The molecule has 1 aliphatic rings. The van der Waals surface area contributed by atoms with Crippen molar-refractivity contribution in [2.45, 2.75) is 24.7 Å². The second-order valence-electron chi connectivity index (χ2n) is 5.94. The van der Waals surface area contributed by atoms with Gasteiger partial charge in [-0.2, -0.15) is 0 Å². The van der Waals surface area contributed by atoms with E-state index in [0.717, 1.165) is 24.8 Å². The average Bonchev–Trinajstić information content (AvgIpc) is 2.55. The molecule has 24 heavy (non-hydrogen) atoms. The lowest BCUT2D eigenvalue weighted by Gasteiger charge is -2.42. The van der Waals surface area contributed by atoms with Gasteiger partial charge in [0.05, 0.1) is 0 Å². The fourth-order valence-corrected chi connectivity index (χ4v) is 3.12. The van der Waals surface area contributed by atoms with Crippen LogP contribution in [0.5, 0.6) is 0 Å². The van der Waals surface area contributed by atoms with E-state index in [9.17, 15) is 9.59 Å². The maximum atomic E-state index is 12.4. The first-order chi connectivity index (χ1) is 11.5. The Morgan fingerprint density at radius 3 is 2.29 bits per heavy atom. The van der Waals surface area contributed by atoms with E-state index in [-0.39, 0.29) is 16.8 Å². The van der Waals surface area contributed by atoms with Crippen LogP contribution in [0.1, 0.15) is 45.8 Å². The van der Waals surface area contributed by atoms with E-state index in [0.29, 0.717) is 11.6 Å². The molecule has 1 heterocycles. The molecule has 1 saturated carbocycles. The van der Waals surface area contributed by atoms with E-state index in [1.807, 2.05) is 24.3 Å². The molecule has 0 radical (unpaired) electrons.